The number of halogens is 1. The third-order valence-electron chi connectivity index (χ3n) is 3.24. The minimum Gasteiger partial charge on any atom is -0.480 e. The summed E-state index contributed by atoms with van der Waals surface area (Å²) in [5.41, 5.74) is 0.497. The summed E-state index contributed by atoms with van der Waals surface area (Å²) in [6.07, 6.45) is 1.13. The Bertz CT molecular complexity index is 447. The second kappa shape index (κ2) is 8.12. The van der Waals surface area contributed by atoms with E-state index in [9.17, 15) is 9.90 Å². The van der Waals surface area contributed by atoms with Crippen LogP contribution in [-0.2, 0) is 11.4 Å². The molecule has 1 amide bonds. The fourth-order valence-corrected chi connectivity index (χ4v) is 2.08. The molecule has 0 aliphatic carbocycles. The normalized spacial score (nSPS) is 12.3. The van der Waals surface area contributed by atoms with Crippen molar-refractivity contribution < 1.29 is 14.6 Å². The van der Waals surface area contributed by atoms with Gasteiger partial charge >= 0.3 is 0 Å². The van der Waals surface area contributed by atoms with Crippen LogP contribution in [-0.4, -0.2) is 23.2 Å². The summed E-state index contributed by atoms with van der Waals surface area (Å²) in [5, 5.41) is 12.7. The molecule has 0 spiro atoms. The number of aliphatic hydroxyl groups is 1. The van der Waals surface area contributed by atoms with Crippen molar-refractivity contribution in [2.24, 2.45) is 0 Å². The van der Waals surface area contributed by atoms with Gasteiger partial charge in [0, 0.05) is 16.6 Å². The van der Waals surface area contributed by atoms with Gasteiger partial charge in [-0.05, 0) is 31.9 Å². The first kappa shape index (κ1) is 16.8. The Labute approximate surface area is 125 Å². The maximum atomic E-state index is 12.0. The van der Waals surface area contributed by atoms with E-state index in [0.29, 0.717) is 16.3 Å². The van der Waals surface area contributed by atoms with Crippen LogP contribution in [0.3, 0.4) is 0 Å². The van der Waals surface area contributed by atoms with Gasteiger partial charge in [-0.1, -0.05) is 31.5 Å². The molecule has 0 saturated carbocycles. The summed E-state index contributed by atoms with van der Waals surface area (Å²) in [6, 6.07) is 5.25. The van der Waals surface area contributed by atoms with Gasteiger partial charge in [-0.3, -0.25) is 4.79 Å². The first-order valence-electron chi connectivity index (χ1n) is 6.88. The molecule has 1 rings (SSSR count). The molecule has 1 aromatic carbocycles. The number of carbonyl (C=O) groups is 1. The molecule has 0 saturated heterocycles. The van der Waals surface area contributed by atoms with Crippen molar-refractivity contribution in [1.82, 2.24) is 5.32 Å². The van der Waals surface area contributed by atoms with Gasteiger partial charge in [0.05, 0.1) is 6.61 Å². The zero-order valence-corrected chi connectivity index (χ0v) is 12.9. The summed E-state index contributed by atoms with van der Waals surface area (Å²) in [5.74, 6) is 0.273. The van der Waals surface area contributed by atoms with E-state index in [2.05, 4.69) is 5.32 Å². The van der Waals surface area contributed by atoms with Crippen LogP contribution in [0.2, 0.25) is 5.02 Å². The number of carbonyl (C=O) groups excluding carboxylic acids is 1. The first-order valence-corrected chi connectivity index (χ1v) is 7.26. The fourth-order valence-electron chi connectivity index (χ4n) is 1.86. The molecule has 20 heavy (non-hydrogen) atoms. The lowest BCUT2D eigenvalue weighted by Crippen LogP contribution is -2.42. The van der Waals surface area contributed by atoms with Crippen molar-refractivity contribution in [2.75, 3.05) is 0 Å². The lowest BCUT2D eigenvalue weighted by atomic mass is 10.1. The average Bonchev–Trinajstić information content (AvgIpc) is 2.44. The van der Waals surface area contributed by atoms with Gasteiger partial charge in [0.25, 0.3) is 5.91 Å². The minimum atomic E-state index is -0.639. The van der Waals surface area contributed by atoms with E-state index in [1.165, 1.54) is 0 Å². The Morgan fingerprint density at radius 3 is 2.60 bits per heavy atom. The largest absolute Gasteiger partial charge is 0.480 e. The third kappa shape index (κ3) is 4.39. The Balaban J connectivity index is 2.73. The van der Waals surface area contributed by atoms with Crippen molar-refractivity contribution in [1.29, 1.82) is 0 Å². The summed E-state index contributed by atoms with van der Waals surface area (Å²) in [6.45, 7) is 5.51. The molecule has 0 fully saturated rings. The van der Waals surface area contributed by atoms with Crippen molar-refractivity contribution >= 4 is 17.5 Å². The van der Waals surface area contributed by atoms with E-state index in [-0.39, 0.29) is 18.6 Å². The highest BCUT2D eigenvalue weighted by molar-refractivity contribution is 6.31. The van der Waals surface area contributed by atoms with Crippen LogP contribution in [0.4, 0.5) is 0 Å². The smallest absolute Gasteiger partial charge is 0.260 e. The molecule has 4 nitrogen and oxygen atoms in total. The van der Waals surface area contributed by atoms with E-state index in [0.717, 1.165) is 12.8 Å². The summed E-state index contributed by atoms with van der Waals surface area (Å²) in [7, 11) is 0. The van der Waals surface area contributed by atoms with Crippen LogP contribution < -0.4 is 10.1 Å². The molecule has 1 atom stereocenters. The van der Waals surface area contributed by atoms with E-state index in [1.54, 1.807) is 25.1 Å². The topological polar surface area (TPSA) is 58.6 Å². The lowest BCUT2D eigenvalue weighted by molar-refractivity contribution is -0.128. The molecule has 112 valence electrons. The molecule has 0 aliphatic rings. The molecular weight excluding hydrogens is 278 g/mol. The van der Waals surface area contributed by atoms with Crippen molar-refractivity contribution in [3.05, 3.63) is 28.8 Å². The SMILES string of the molecule is CCC(CC)NC(=O)C(C)Oc1cccc(Cl)c1CO. The van der Waals surface area contributed by atoms with E-state index in [4.69, 9.17) is 16.3 Å². The molecule has 0 heterocycles. The number of hydrogen-bond donors (Lipinski definition) is 2. The molecular formula is C15H22ClNO3. The number of aliphatic hydroxyl groups excluding tert-OH is 1. The van der Waals surface area contributed by atoms with Crippen LogP contribution in [0.15, 0.2) is 18.2 Å². The van der Waals surface area contributed by atoms with Gasteiger partial charge in [-0.25, -0.2) is 0 Å². The first-order chi connectivity index (χ1) is 9.53. The number of rotatable bonds is 7. The third-order valence-corrected chi connectivity index (χ3v) is 3.59. The monoisotopic (exact) mass is 299 g/mol. The summed E-state index contributed by atoms with van der Waals surface area (Å²) in [4.78, 5) is 12.0. The molecule has 0 radical (unpaired) electrons. The predicted molar refractivity (Wildman–Crippen MR) is 80.0 cm³/mol. The Kier molecular flexibility index (Phi) is 6.82. The van der Waals surface area contributed by atoms with Crippen molar-refractivity contribution in [3.8, 4) is 5.75 Å². The van der Waals surface area contributed by atoms with Gasteiger partial charge in [0.15, 0.2) is 6.10 Å². The van der Waals surface area contributed by atoms with Gasteiger partial charge in [0.1, 0.15) is 5.75 Å². The minimum absolute atomic E-state index is 0.158. The van der Waals surface area contributed by atoms with Crippen LogP contribution in [0.25, 0.3) is 0 Å². The zero-order chi connectivity index (χ0) is 15.1. The fraction of sp³-hybridized carbons (Fsp3) is 0.533. The maximum absolute atomic E-state index is 12.0. The van der Waals surface area contributed by atoms with E-state index < -0.39 is 6.10 Å². The van der Waals surface area contributed by atoms with Crippen molar-refractivity contribution in [3.63, 3.8) is 0 Å². The number of hydrogen-bond acceptors (Lipinski definition) is 3. The number of benzene rings is 1. The van der Waals surface area contributed by atoms with Crippen molar-refractivity contribution in [2.45, 2.75) is 52.4 Å². The molecule has 2 N–H and O–H groups in total. The number of amides is 1. The van der Waals surface area contributed by atoms with Crippen LogP contribution in [0, 0.1) is 0 Å². The number of ether oxygens (including phenoxy) is 1. The number of nitrogens with one attached hydrogen (secondary N) is 1. The Morgan fingerprint density at radius 1 is 1.40 bits per heavy atom. The lowest BCUT2D eigenvalue weighted by Gasteiger charge is -2.20. The molecule has 0 bridgehead atoms. The Hall–Kier alpha value is -1.26. The van der Waals surface area contributed by atoms with Gasteiger partial charge in [-0.15, -0.1) is 0 Å². The van der Waals surface area contributed by atoms with Crippen LogP contribution >= 0.6 is 11.6 Å². The summed E-state index contributed by atoms with van der Waals surface area (Å²) < 4.78 is 5.61. The molecule has 1 aromatic rings. The molecule has 5 heteroatoms. The summed E-state index contributed by atoms with van der Waals surface area (Å²) >= 11 is 5.98. The molecule has 0 aliphatic heterocycles. The predicted octanol–water partition coefficient (Wildman–Crippen LogP) is 2.90. The highest BCUT2D eigenvalue weighted by Gasteiger charge is 2.19. The van der Waals surface area contributed by atoms with Gasteiger partial charge in [0.2, 0.25) is 0 Å². The van der Waals surface area contributed by atoms with E-state index in [1.807, 2.05) is 13.8 Å². The van der Waals surface area contributed by atoms with Gasteiger partial charge < -0.3 is 15.2 Å². The van der Waals surface area contributed by atoms with Gasteiger partial charge in [-0.2, -0.15) is 0 Å². The highest BCUT2D eigenvalue weighted by Crippen LogP contribution is 2.27. The second-order valence-corrected chi connectivity index (χ2v) is 5.06. The quantitative estimate of drug-likeness (QED) is 0.814. The van der Waals surface area contributed by atoms with E-state index >= 15 is 0 Å². The Morgan fingerprint density at radius 2 is 2.05 bits per heavy atom. The molecule has 0 aromatic heterocycles. The highest BCUT2D eigenvalue weighted by atomic mass is 35.5. The standard InChI is InChI=1S/C15H22ClNO3/c1-4-11(5-2)17-15(19)10(3)20-14-8-6-7-13(16)12(14)9-18/h6-8,10-11,18H,4-5,9H2,1-3H3,(H,17,19). The average molecular weight is 300 g/mol. The second-order valence-electron chi connectivity index (χ2n) is 4.66. The maximum Gasteiger partial charge on any atom is 0.260 e. The van der Waals surface area contributed by atoms with Crippen LogP contribution in [0.1, 0.15) is 39.2 Å². The van der Waals surface area contributed by atoms with Crippen LogP contribution in [0.5, 0.6) is 5.75 Å². The molecule has 1 unspecified atom stereocenters. The zero-order valence-electron chi connectivity index (χ0n) is 12.1.